The van der Waals surface area contributed by atoms with Gasteiger partial charge < -0.3 is 18.9 Å². The average molecular weight is 544 g/mol. The van der Waals surface area contributed by atoms with E-state index in [1.54, 1.807) is 31.2 Å². The molecule has 3 aromatic rings. The minimum absolute atomic E-state index is 0.142. The van der Waals surface area contributed by atoms with E-state index < -0.39 is 5.97 Å². The van der Waals surface area contributed by atoms with Crippen molar-refractivity contribution in [2.75, 3.05) is 52.7 Å². The first kappa shape index (κ1) is 28.9. The molecule has 0 saturated carbocycles. The van der Waals surface area contributed by atoms with Crippen LogP contribution < -0.4 is 9.47 Å². The maximum Gasteiger partial charge on any atom is 0.344 e. The molecule has 0 atom stereocenters. The van der Waals surface area contributed by atoms with Crippen LogP contribution >= 0.6 is 0 Å². The van der Waals surface area contributed by atoms with Crippen molar-refractivity contribution in [2.24, 2.45) is 0 Å². The minimum Gasteiger partial charge on any atom is -0.489 e. The Morgan fingerprint density at radius 2 is 1.70 bits per heavy atom. The van der Waals surface area contributed by atoms with E-state index in [0.717, 1.165) is 60.7 Å². The Morgan fingerprint density at radius 1 is 1.00 bits per heavy atom. The standard InChI is InChI=1S/C33H34FNO5/c1-3-38-33(36)24-40-32-15-14-30(23-25(32)2)39-20-16-31(28-10-12-29(34)13-11-28)27-8-6-26(7-9-27)5-4-17-35-18-21-37-22-19-35/h6-16,23H,3,17-22,24H2,1-2H3/b31-16+. The summed E-state index contributed by atoms with van der Waals surface area (Å²) in [5.41, 5.74) is 4.57. The second-order valence-electron chi connectivity index (χ2n) is 9.22. The lowest BCUT2D eigenvalue weighted by atomic mass is 9.96. The number of ether oxygens (including phenoxy) is 4. The summed E-state index contributed by atoms with van der Waals surface area (Å²) < 4.78 is 35.5. The number of halogens is 1. The Labute approximate surface area is 235 Å². The molecule has 0 N–H and O–H groups in total. The molecule has 1 fully saturated rings. The molecule has 208 valence electrons. The Balaban J connectivity index is 1.43. The molecule has 4 rings (SSSR count). The number of aryl methyl sites for hydroxylation is 1. The molecular formula is C33H34FNO5. The van der Waals surface area contributed by atoms with Crippen molar-refractivity contribution in [1.29, 1.82) is 0 Å². The van der Waals surface area contributed by atoms with E-state index in [0.29, 0.717) is 24.7 Å². The zero-order chi connectivity index (χ0) is 28.2. The summed E-state index contributed by atoms with van der Waals surface area (Å²) in [5, 5.41) is 0. The smallest absolute Gasteiger partial charge is 0.344 e. The summed E-state index contributed by atoms with van der Waals surface area (Å²) in [6, 6.07) is 19.9. The van der Waals surface area contributed by atoms with E-state index in [2.05, 4.69) is 16.7 Å². The van der Waals surface area contributed by atoms with Gasteiger partial charge in [0, 0.05) is 18.7 Å². The molecule has 0 aliphatic carbocycles. The van der Waals surface area contributed by atoms with Crippen LogP contribution in [0.3, 0.4) is 0 Å². The van der Waals surface area contributed by atoms with Crippen molar-refractivity contribution >= 4 is 11.5 Å². The van der Waals surface area contributed by atoms with Crippen molar-refractivity contribution in [1.82, 2.24) is 4.90 Å². The third-order valence-electron chi connectivity index (χ3n) is 6.32. The summed E-state index contributed by atoms with van der Waals surface area (Å²) in [6.07, 6.45) is 1.98. The fourth-order valence-electron chi connectivity index (χ4n) is 4.21. The van der Waals surface area contributed by atoms with E-state index in [4.69, 9.17) is 18.9 Å². The summed E-state index contributed by atoms with van der Waals surface area (Å²) in [4.78, 5) is 13.8. The van der Waals surface area contributed by atoms with Crippen LogP contribution in [0.5, 0.6) is 11.5 Å². The Bertz CT molecular complexity index is 1350. The van der Waals surface area contributed by atoms with Crippen molar-refractivity contribution in [3.8, 4) is 23.3 Å². The van der Waals surface area contributed by atoms with Gasteiger partial charge in [-0.2, -0.15) is 0 Å². The van der Waals surface area contributed by atoms with Gasteiger partial charge in [0.05, 0.1) is 26.4 Å². The Hall–Kier alpha value is -4.12. The lowest BCUT2D eigenvalue weighted by Crippen LogP contribution is -2.36. The highest BCUT2D eigenvalue weighted by Crippen LogP contribution is 2.26. The van der Waals surface area contributed by atoms with Crippen LogP contribution in [0.2, 0.25) is 0 Å². The predicted molar refractivity (Wildman–Crippen MR) is 153 cm³/mol. The second-order valence-corrected chi connectivity index (χ2v) is 9.22. The van der Waals surface area contributed by atoms with E-state index in [1.807, 2.05) is 43.3 Å². The predicted octanol–water partition coefficient (Wildman–Crippen LogP) is 5.27. The first-order valence-electron chi connectivity index (χ1n) is 13.4. The van der Waals surface area contributed by atoms with Crippen LogP contribution in [0.4, 0.5) is 4.39 Å². The van der Waals surface area contributed by atoms with Gasteiger partial charge in [0.2, 0.25) is 0 Å². The number of nitrogens with zero attached hydrogens (tertiary/aromatic N) is 1. The summed E-state index contributed by atoms with van der Waals surface area (Å²) in [6.45, 7) is 8.18. The highest BCUT2D eigenvalue weighted by molar-refractivity contribution is 5.80. The highest BCUT2D eigenvalue weighted by atomic mass is 19.1. The number of hydrogen-bond donors (Lipinski definition) is 0. The maximum atomic E-state index is 13.6. The SMILES string of the molecule is CCOC(=O)COc1ccc(OC/C=C(/c2ccc(F)cc2)c2ccc(C#CCN3CCOCC3)cc2)cc1C. The number of carbonyl (C=O) groups is 1. The molecule has 40 heavy (non-hydrogen) atoms. The minimum atomic E-state index is -0.409. The molecule has 0 spiro atoms. The van der Waals surface area contributed by atoms with Gasteiger partial charge in [0.15, 0.2) is 6.61 Å². The Kier molecular flexibility index (Phi) is 10.7. The van der Waals surface area contributed by atoms with E-state index in [-0.39, 0.29) is 12.4 Å². The fourth-order valence-corrected chi connectivity index (χ4v) is 4.21. The molecule has 0 bridgehead atoms. The van der Waals surface area contributed by atoms with Gasteiger partial charge in [0.1, 0.15) is 23.9 Å². The maximum absolute atomic E-state index is 13.6. The van der Waals surface area contributed by atoms with Gasteiger partial charge in [0.25, 0.3) is 0 Å². The number of rotatable bonds is 10. The zero-order valence-corrected chi connectivity index (χ0v) is 23.0. The third-order valence-corrected chi connectivity index (χ3v) is 6.32. The molecule has 1 heterocycles. The van der Waals surface area contributed by atoms with Crippen LogP contribution in [0.25, 0.3) is 5.57 Å². The average Bonchev–Trinajstić information content (AvgIpc) is 2.97. The van der Waals surface area contributed by atoms with Crippen LogP contribution in [0.1, 0.15) is 29.2 Å². The lowest BCUT2D eigenvalue weighted by molar-refractivity contribution is -0.145. The lowest BCUT2D eigenvalue weighted by Gasteiger charge is -2.24. The first-order valence-corrected chi connectivity index (χ1v) is 13.4. The van der Waals surface area contributed by atoms with Crippen LogP contribution in [0, 0.1) is 24.6 Å². The molecule has 3 aromatic carbocycles. The molecule has 0 aromatic heterocycles. The van der Waals surface area contributed by atoms with Gasteiger partial charge >= 0.3 is 5.97 Å². The molecular weight excluding hydrogens is 509 g/mol. The Morgan fingerprint density at radius 3 is 2.38 bits per heavy atom. The third kappa shape index (κ3) is 8.70. The van der Waals surface area contributed by atoms with E-state index in [9.17, 15) is 9.18 Å². The highest BCUT2D eigenvalue weighted by Gasteiger charge is 2.10. The number of esters is 1. The van der Waals surface area contributed by atoms with Crippen LogP contribution in [0.15, 0.2) is 72.8 Å². The molecule has 0 unspecified atom stereocenters. The van der Waals surface area contributed by atoms with Crippen molar-refractivity contribution in [3.05, 3.63) is 101 Å². The molecule has 1 saturated heterocycles. The van der Waals surface area contributed by atoms with Crippen molar-refractivity contribution in [2.45, 2.75) is 13.8 Å². The van der Waals surface area contributed by atoms with Gasteiger partial charge in [-0.25, -0.2) is 9.18 Å². The molecule has 6 nitrogen and oxygen atoms in total. The van der Waals surface area contributed by atoms with E-state index >= 15 is 0 Å². The summed E-state index contributed by atoms with van der Waals surface area (Å²) >= 11 is 0. The number of hydrogen-bond acceptors (Lipinski definition) is 6. The number of benzene rings is 3. The molecule has 0 amide bonds. The molecule has 7 heteroatoms. The second kappa shape index (κ2) is 14.9. The largest absolute Gasteiger partial charge is 0.489 e. The number of morpholine rings is 1. The zero-order valence-electron chi connectivity index (χ0n) is 23.0. The van der Waals surface area contributed by atoms with E-state index in [1.165, 1.54) is 12.1 Å². The molecule has 1 aliphatic rings. The normalized spacial score (nSPS) is 13.7. The number of carbonyl (C=O) groups excluding carboxylic acids is 1. The van der Waals surface area contributed by atoms with Gasteiger partial charge in [-0.1, -0.05) is 36.1 Å². The topological polar surface area (TPSA) is 57.2 Å². The monoisotopic (exact) mass is 543 g/mol. The van der Waals surface area contributed by atoms with Crippen molar-refractivity contribution < 1.29 is 28.1 Å². The van der Waals surface area contributed by atoms with Gasteiger partial charge in [-0.15, -0.1) is 0 Å². The van der Waals surface area contributed by atoms with Crippen LogP contribution in [-0.2, 0) is 14.3 Å². The fraction of sp³-hybridized carbons (Fsp3) is 0.303. The first-order chi connectivity index (χ1) is 19.5. The quantitative estimate of drug-likeness (QED) is 0.257. The molecule has 0 radical (unpaired) electrons. The summed E-state index contributed by atoms with van der Waals surface area (Å²) in [7, 11) is 0. The summed E-state index contributed by atoms with van der Waals surface area (Å²) in [5.74, 6) is 7.06. The van der Waals surface area contributed by atoms with Gasteiger partial charge in [-0.3, -0.25) is 4.90 Å². The molecule has 1 aliphatic heterocycles. The van der Waals surface area contributed by atoms with Crippen molar-refractivity contribution in [3.63, 3.8) is 0 Å². The van der Waals surface area contributed by atoms with Gasteiger partial charge in [-0.05, 0) is 84.7 Å². The van der Waals surface area contributed by atoms with Crippen LogP contribution in [-0.4, -0.2) is 63.5 Å².